The van der Waals surface area contributed by atoms with Gasteiger partial charge in [-0.25, -0.2) is 0 Å². The average Bonchev–Trinajstić information content (AvgIpc) is 3.11. The number of allylic oxidation sites excluding steroid dienone is 1. The van der Waals surface area contributed by atoms with Gasteiger partial charge in [0.1, 0.15) is 0 Å². The van der Waals surface area contributed by atoms with E-state index in [-0.39, 0.29) is 0 Å². The molecule has 0 saturated carbocycles. The highest BCUT2D eigenvalue weighted by Crippen LogP contribution is 2.33. The third kappa shape index (κ3) is 7.54. The molecule has 1 aliphatic carbocycles. The van der Waals surface area contributed by atoms with Crippen LogP contribution in [0.5, 0.6) is 0 Å². The van der Waals surface area contributed by atoms with E-state index >= 15 is 0 Å². The van der Waals surface area contributed by atoms with Gasteiger partial charge >= 0.3 is 0 Å². The molecule has 0 bridgehead atoms. The number of aliphatic hydroxyl groups excluding tert-OH is 1. The standard InChI is InChI=1S/C18H18.C14H14.C3H8O/c1-2-7-18-16-10-5-3-8-14(16)12-13-15-9-4-6-11-17(15)18;1-12(13-8-4-2-5-9-13)14-10-6-3-7-11-14;1-2-3-4/h3-11H,2,12-13H2,1H3;2-12H,1H3;4H,2-3H2,1H3. The van der Waals surface area contributed by atoms with Crippen molar-refractivity contribution in [2.45, 2.75) is 52.4 Å². The number of benzene rings is 4. The van der Waals surface area contributed by atoms with Crippen molar-refractivity contribution in [1.29, 1.82) is 0 Å². The van der Waals surface area contributed by atoms with E-state index < -0.39 is 0 Å². The predicted molar refractivity (Wildman–Crippen MR) is 155 cm³/mol. The van der Waals surface area contributed by atoms with Gasteiger partial charge in [-0.05, 0) is 64.6 Å². The number of rotatable bonds is 4. The minimum Gasteiger partial charge on any atom is -0.396 e. The van der Waals surface area contributed by atoms with E-state index in [4.69, 9.17) is 5.11 Å². The largest absolute Gasteiger partial charge is 0.396 e. The zero-order valence-electron chi connectivity index (χ0n) is 22.0. The first-order chi connectivity index (χ1) is 17.7. The summed E-state index contributed by atoms with van der Waals surface area (Å²) in [7, 11) is 0. The maximum Gasteiger partial charge on any atom is 0.0428 e. The van der Waals surface area contributed by atoms with E-state index in [1.807, 2.05) is 6.92 Å². The molecule has 0 radical (unpaired) electrons. The minimum atomic E-state index is 0.319. The topological polar surface area (TPSA) is 20.2 Å². The van der Waals surface area contributed by atoms with Gasteiger partial charge in [-0.15, -0.1) is 0 Å². The molecule has 4 aromatic carbocycles. The Morgan fingerprint density at radius 3 is 1.42 bits per heavy atom. The number of aliphatic hydroxyl groups is 1. The van der Waals surface area contributed by atoms with Crippen LogP contribution < -0.4 is 0 Å². The highest BCUT2D eigenvalue weighted by molar-refractivity contribution is 5.83. The molecule has 4 aromatic rings. The van der Waals surface area contributed by atoms with Crippen LogP contribution in [0.3, 0.4) is 0 Å². The predicted octanol–water partition coefficient (Wildman–Crippen LogP) is 8.85. The molecule has 0 aromatic heterocycles. The fourth-order valence-electron chi connectivity index (χ4n) is 4.52. The SMILES string of the molecule is CC(c1ccccc1)c1ccccc1.CCC=C1c2ccccc2CCc2ccccc21.CCCO. The molecule has 0 spiro atoms. The Morgan fingerprint density at radius 2 is 1.03 bits per heavy atom. The minimum absolute atomic E-state index is 0.319. The zero-order valence-corrected chi connectivity index (χ0v) is 22.0. The number of aryl methyl sites for hydroxylation is 2. The smallest absolute Gasteiger partial charge is 0.0428 e. The monoisotopic (exact) mass is 476 g/mol. The normalized spacial score (nSPS) is 11.6. The second kappa shape index (κ2) is 14.9. The molecule has 36 heavy (non-hydrogen) atoms. The lowest BCUT2D eigenvalue weighted by Crippen LogP contribution is -1.94. The van der Waals surface area contributed by atoms with E-state index in [0.717, 1.165) is 25.7 Å². The van der Waals surface area contributed by atoms with Crippen LogP contribution in [0, 0.1) is 0 Å². The van der Waals surface area contributed by atoms with Gasteiger partial charge in [-0.2, -0.15) is 0 Å². The summed E-state index contributed by atoms with van der Waals surface area (Å²) in [5.41, 5.74) is 9.97. The van der Waals surface area contributed by atoms with Crippen LogP contribution in [0.1, 0.15) is 72.9 Å². The lowest BCUT2D eigenvalue weighted by atomic mass is 9.93. The van der Waals surface area contributed by atoms with Crippen LogP contribution in [0.25, 0.3) is 5.57 Å². The molecule has 0 amide bonds. The number of hydrogen-bond donors (Lipinski definition) is 1. The van der Waals surface area contributed by atoms with E-state index in [0.29, 0.717) is 12.5 Å². The van der Waals surface area contributed by atoms with E-state index in [9.17, 15) is 0 Å². The molecule has 0 atom stereocenters. The van der Waals surface area contributed by atoms with Crippen LogP contribution in [-0.2, 0) is 12.8 Å². The molecule has 186 valence electrons. The molecule has 1 heteroatoms. The van der Waals surface area contributed by atoms with Gasteiger partial charge in [0, 0.05) is 12.5 Å². The van der Waals surface area contributed by atoms with Crippen molar-refractivity contribution in [3.05, 3.63) is 149 Å². The van der Waals surface area contributed by atoms with Gasteiger partial charge in [-0.1, -0.05) is 136 Å². The maximum absolute atomic E-state index is 7.88. The summed E-state index contributed by atoms with van der Waals surface area (Å²) in [5.74, 6) is 0.484. The lowest BCUT2D eigenvalue weighted by Gasteiger charge is -2.11. The molecule has 5 rings (SSSR count). The molecule has 1 nitrogen and oxygen atoms in total. The van der Waals surface area contributed by atoms with Crippen LogP contribution >= 0.6 is 0 Å². The highest BCUT2D eigenvalue weighted by Gasteiger charge is 2.16. The van der Waals surface area contributed by atoms with E-state index in [2.05, 4.69) is 129 Å². The zero-order chi connectivity index (χ0) is 25.6. The Balaban J connectivity index is 0.000000179. The van der Waals surface area contributed by atoms with E-state index in [1.165, 1.54) is 39.0 Å². The Labute approximate surface area is 218 Å². The highest BCUT2D eigenvalue weighted by atomic mass is 16.2. The quantitative estimate of drug-likeness (QED) is 0.312. The lowest BCUT2D eigenvalue weighted by molar-refractivity contribution is 0.295. The fourth-order valence-corrected chi connectivity index (χ4v) is 4.52. The Bertz CT molecular complexity index is 1100. The Morgan fingerprint density at radius 1 is 0.639 bits per heavy atom. The van der Waals surface area contributed by atoms with Crippen LogP contribution in [0.2, 0.25) is 0 Å². The average molecular weight is 477 g/mol. The van der Waals surface area contributed by atoms with Crippen molar-refractivity contribution in [3.8, 4) is 0 Å². The van der Waals surface area contributed by atoms with Crippen LogP contribution in [0.15, 0.2) is 115 Å². The van der Waals surface area contributed by atoms with Crippen molar-refractivity contribution in [1.82, 2.24) is 0 Å². The molecule has 0 aliphatic heterocycles. The molecule has 0 fully saturated rings. The number of fused-ring (bicyclic) bond motifs is 2. The summed E-state index contributed by atoms with van der Waals surface area (Å²) in [4.78, 5) is 0. The third-order valence-electron chi connectivity index (χ3n) is 6.51. The van der Waals surface area contributed by atoms with Gasteiger partial charge in [0.25, 0.3) is 0 Å². The van der Waals surface area contributed by atoms with Gasteiger partial charge in [0.05, 0.1) is 0 Å². The van der Waals surface area contributed by atoms with E-state index in [1.54, 1.807) is 0 Å². The summed E-state index contributed by atoms with van der Waals surface area (Å²) in [6.07, 6.45) is 6.61. The first-order valence-corrected chi connectivity index (χ1v) is 13.3. The van der Waals surface area contributed by atoms with Gasteiger partial charge < -0.3 is 5.11 Å². The van der Waals surface area contributed by atoms with Crippen molar-refractivity contribution >= 4 is 5.57 Å². The maximum atomic E-state index is 7.88. The van der Waals surface area contributed by atoms with Crippen LogP contribution in [-0.4, -0.2) is 11.7 Å². The van der Waals surface area contributed by atoms with Crippen molar-refractivity contribution in [3.63, 3.8) is 0 Å². The first-order valence-electron chi connectivity index (χ1n) is 13.3. The summed E-state index contributed by atoms with van der Waals surface area (Å²) in [6.45, 7) is 6.70. The van der Waals surface area contributed by atoms with Gasteiger partial charge in [0.2, 0.25) is 0 Å². The van der Waals surface area contributed by atoms with Crippen molar-refractivity contribution < 1.29 is 5.11 Å². The first kappa shape index (κ1) is 27.2. The molecule has 0 heterocycles. The Kier molecular flexibility index (Phi) is 11.2. The third-order valence-corrected chi connectivity index (χ3v) is 6.51. The summed E-state index contributed by atoms with van der Waals surface area (Å²) >= 11 is 0. The molecular weight excluding hydrogens is 436 g/mol. The van der Waals surface area contributed by atoms with Gasteiger partial charge in [0.15, 0.2) is 0 Å². The second-order valence-corrected chi connectivity index (χ2v) is 9.11. The summed E-state index contributed by atoms with van der Waals surface area (Å²) < 4.78 is 0. The summed E-state index contributed by atoms with van der Waals surface area (Å²) in [6, 6.07) is 38.9. The van der Waals surface area contributed by atoms with Crippen molar-refractivity contribution in [2.75, 3.05) is 6.61 Å². The molecule has 1 N–H and O–H groups in total. The fraction of sp³-hybridized carbons (Fsp3) is 0.257. The molecular formula is C35H40O. The molecule has 1 aliphatic rings. The molecule has 0 saturated heterocycles. The van der Waals surface area contributed by atoms with Gasteiger partial charge in [-0.3, -0.25) is 0 Å². The van der Waals surface area contributed by atoms with Crippen molar-refractivity contribution in [2.24, 2.45) is 0 Å². The summed E-state index contributed by atoms with van der Waals surface area (Å²) in [5, 5.41) is 7.88. The molecule has 0 unspecified atom stereocenters. The number of hydrogen-bond acceptors (Lipinski definition) is 1. The second-order valence-electron chi connectivity index (χ2n) is 9.11. The Hall–Kier alpha value is -3.42. The van der Waals surface area contributed by atoms with Crippen LogP contribution in [0.4, 0.5) is 0 Å².